The van der Waals surface area contributed by atoms with Gasteiger partial charge in [-0.2, -0.15) is 4.31 Å². The summed E-state index contributed by atoms with van der Waals surface area (Å²) in [6.07, 6.45) is 6.81. The molecule has 0 radical (unpaired) electrons. The first kappa shape index (κ1) is 13.3. The van der Waals surface area contributed by atoms with Gasteiger partial charge in [0.1, 0.15) is 0 Å². The second kappa shape index (κ2) is 4.71. The lowest BCUT2D eigenvalue weighted by molar-refractivity contribution is 0.253. The van der Waals surface area contributed by atoms with E-state index in [1.54, 1.807) is 6.20 Å². The average Bonchev–Trinajstić information content (AvgIpc) is 2.86. The monoisotopic (exact) mass is 296 g/mol. The topological polar surface area (TPSA) is 87.5 Å². The Morgan fingerprint density at radius 1 is 1.40 bits per heavy atom. The number of sulfonamides is 1. The molecule has 3 heterocycles. The number of hydrogen-bond donors (Lipinski definition) is 1. The fourth-order valence-corrected chi connectivity index (χ4v) is 3.88. The van der Waals surface area contributed by atoms with Crippen LogP contribution in [0.4, 0.5) is 0 Å². The largest absolute Gasteiger partial charge is 0.327 e. The van der Waals surface area contributed by atoms with Gasteiger partial charge in [-0.15, -0.1) is 0 Å². The summed E-state index contributed by atoms with van der Waals surface area (Å²) >= 11 is 0. The Balaban J connectivity index is 2.10. The van der Waals surface area contributed by atoms with E-state index in [-0.39, 0.29) is 11.6 Å². The van der Waals surface area contributed by atoms with Gasteiger partial charge in [0.05, 0.1) is 12.3 Å². The second-order valence-corrected chi connectivity index (χ2v) is 7.00. The van der Waals surface area contributed by atoms with Crippen molar-refractivity contribution >= 4 is 15.8 Å². The van der Waals surface area contributed by atoms with Crippen LogP contribution in [0, 0.1) is 0 Å². The molecule has 1 fully saturated rings. The number of H-pyrrole nitrogens is 1. The first-order valence-corrected chi connectivity index (χ1v) is 8.35. The third kappa shape index (κ3) is 2.25. The summed E-state index contributed by atoms with van der Waals surface area (Å²) in [5.74, 6) is 0.437. The van der Waals surface area contributed by atoms with E-state index >= 15 is 0 Å². The minimum Gasteiger partial charge on any atom is -0.327 e. The molecule has 1 saturated heterocycles. The number of hydrogen-bond acceptors (Lipinski definition) is 4. The Bertz CT molecular complexity index is 792. The molecule has 1 aliphatic heterocycles. The lowest BCUT2D eigenvalue weighted by Gasteiger charge is -2.33. The van der Waals surface area contributed by atoms with Crippen molar-refractivity contribution in [1.29, 1.82) is 0 Å². The van der Waals surface area contributed by atoms with Crippen LogP contribution in [-0.2, 0) is 10.0 Å². The Morgan fingerprint density at radius 3 is 2.95 bits per heavy atom. The third-order valence-corrected chi connectivity index (χ3v) is 4.94. The van der Waals surface area contributed by atoms with Gasteiger partial charge in [-0.3, -0.25) is 9.20 Å². The molecule has 8 heteroatoms. The normalized spacial score (nSPS) is 21.4. The summed E-state index contributed by atoms with van der Waals surface area (Å²) in [5, 5.41) is 0. The van der Waals surface area contributed by atoms with E-state index in [1.807, 2.05) is 0 Å². The van der Waals surface area contributed by atoms with Crippen LogP contribution >= 0.6 is 0 Å². The lowest BCUT2D eigenvalue weighted by Crippen LogP contribution is -2.38. The number of fused-ring (bicyclic) bond motifs is 1. The summed E-state index contributed by atoms with van der Waals surface area (Å²) in [7, 11) is -3.29. The highest BCUT2D eigenvalue weighted by atomic mass is 32.2. The first-order valence-electron chi connectivity index (χ1n) is 6.50. The zero-order chi connectivity index (χ0) is 14.3. The number of aromatic nitrogens is 3. The fraction of sp³-hybridized carbons (Fsp3) is 0.500. The van der Waals surface area contributed by atoms with Crippen LogP contribution < -0.4 is 5.56 Å². The molecule has 108 valence electrons. The summed E-state index contributed by atoms with van der Waals surface area (Å²) < 4.78 is 26.6. The van der Waals surface area contributed by atoms with Crippen molar-refractivity contribution < 1.29 is 8.42 Å². The van der Waals surface area contributed by atoms with Crippen molar-refractivity contribution in [3.05, 3.63) is 34.5 Å². The Labute approximate surface area is 116 Å². The third-order valence-electron chi connectivity index (χ3n) is 3.65. The highest BCUT2D eigenvalue weighted by Gasteiger charge is 2.31. The van der Waals surface area contributed by atoms with E-state index in [1.165, 1.54) is 27.2 Å². The van der Waals surface area contributed by atoms with Gasteiger partial charge in [0, 0.05) is 30.7 Å². The summed E-state index contributed by atoms with van der Waals surface area (Å²) in [4.78, 5) is 19.1. The Hall–Kier alpha value is -1.67. The number of rotatable bonds is 2. The van der Waals surface area contributed by atoms with Crippen LogP contribution in [-0.4, -0.2) is 39.9 Å². The van der Waals surface area contributed by atoms with Gasteiger partial charge >= 0.3 is 0 Å². The Morgan fingerprint density at radius 2 is 2.20 bits per heavy atom. The van der Waals surface area contributed by atoms with Gasteiger partial charge in [-0.05, 0) is 12.8 Å². The van der Waals surface area contributed by atoms with Crippen molar-refractivity contribution in [3.8, 4) is 0 Å². The summed E-state index contributed by atoms with van der Waals surface area (Å²) in [6.45, 7) is 0.491. The molecule has 20 heavy (non-hydrogen) atoms. The molecule has 0 bridgehead atoms. The second-order valence-electron chi connectivity index (χ2n) is 5.07. The number of piperidine rings is 1. The molecule has 1 aliphatic rings. The van der Waals surface area contributed by atoms with Crippen molar-refractivity contribution in [3.63, 3.8) is 0 Å². The van der Waals surface area contributed by atoms with Crippen LogP contribution in [0.15, 0.2) is 23.3 Å². The van der Waals surface area contributed by atoms with Crippen molar-refractivity contribution in [2.24, 2.45) is 0 Å². The molecular formula is C12H16N4O3S. The zero-order valence-electron chi connectivity index (χ0n) is 11.1. The van der Waals surface area contributed by atoms with Gasteiger partial charge < -0.3 is 4.98 Å². The molecule has 7 nitrogen and oxygen atoms in total. The molecule has 0 unspecified atom stereocenters. The van der Waals surface area contributed by atoms with E-state index < -0.39 is 10.0 Å². The molecule has 3 rings (SSSR count). The number of aromatic amines is 1. The quantitative estimate of drug-likeness (QED) is 0.874. The van der Waals surface area contributed by atoms with E-state index in [0.717, 1.165) is 12.8 Å². The first-order chi connectivity index (χ1) is 9.47. The molecule has 2 aromatic rings. The van der Waals surface area contributed by atoms with Crippen molar-refractivity contribution in [1.82, 2.24) is 18.7 Å². The van der Waals surface area contributed by atoms with Crippen molar-refractivity contribution in [2.45, 2.75) is 25.3 Å². The summed E-state index contributed by atoms with van der Waals surface area (Å²) in [5.41, 5.74) is 0.407. The van der Waals surface area contributed by atoms with E-state index in [2.05, 4.69) is 9.97 Å². The average molecular weight is 296 g/mol. The maximum atomic E-state index is 12.0. The maximum Gasteiger partial charge on any atom is 0.259 e. The molecule has 1 atom stereocenters. The summed E-state index contributed by atoms with van der Waals surface area (Å²) in [6, 6.07) is 1.15. The van der Waals surface area contributed by atoms with Crippen LogP contribution in [0.1, 0.15) is 31.0 Å². The predicted molar refractivity (Wildman–Crippen MR) is 74.0 cm³/mol. The highest BCUT2D eigenvalue weighted by Crippen LogP contribution is 2.31. The van der Waals surface area contributed by atoms with Crippen LogP contribution in [0.25, 0.3) is 5.78 Å². The van der Waals surface area contributed by atoms with Gasteiger partial charge in [0.2, 0.25) is 15.8 Å². The molecule has 0 aromatic carbocycles. The maximum absolute atomic E-state index is 12.0. The molecule has 0 amide bonds. The van der Waals surface area contributed by atoms with E-state index in [4.69, 9.17) is 0 Å². The smallest absolute Gasteiger partial charge is 0.259 e. The van der Waals surface area contributed by atoms with Crippen molar-refractivity contribution in [2.75, 3.05) is 12.8 Å². The Kier molecular flexibility index (Phi) is 3.14. The minimum absolute atomic E-state index is 0.203. The fourth-order valence-electron chi connectivity index (χ4n) is 2.73. The molecule has 1 N–H and O–H groups in total. The molecular weight excluding hydrogens is 280 g/mol. The minimum atomic E-state index is -3.29. The van der Waals surface area contributed by atoms with Crippen LogP contribution in [0.3, 0.4) is 0 Å². The molecule has 0 saturated carbocycles. The number of imidazole rings is 1. The van der Waals surface area contributed by atoms with Crippen LogP contribution in [0.5, 0.6) is 0 Å². The van der Waals surface area contributed by atoms with Gasteiger partial charge in [0.25, 0.3) is 5.56 Å². The van der Waals surface area contributed by atoms with Gasteiger partial charge in [-0.25, -0.2) is 13.4 Å². The van der Waals surface area contributed by atoms with Crippen LogP contribution in [0.2, 0.25) is 0 Å². The van der Waals surface area contributed by atoms with Gasteiger partial charge in [-0.1, -0.05) is 6.42 Å². The van der Waals surface area contributed by atoms with E-state index in [0.29, 0.717) is 24.4 Å². The predicted octanol–water partition coefficient (Wildman–Crippen LogP) is 0.509. The molecule has 0 spiro atoms. The van der Waals surface area contributed by atoms with Gasteiger partial charge in [0.15, 0.2) is 0 Å². The molecule has 0 aliphatic carbocycles. The number of nitrogens with zero attached hydrogens (tertiary/aromatic N) is 3. The SMILES string of the molecule is CS(=O)(=O)N1CCCC[C@@H]1c1cc(=O)n2ccnc2[nH]1. The lowest BCUT2D eigenvalue weighted by atomic mass is 10.0. The number of nitrogens with one attached hydrogen (secondary N) is 1. The van der Waals surface area contributed by atoms with E-state index in [9.17, 15) is 13.2 Å². The standard InChI is InChI=1S/C12H16N4O3S/c1-20(18,19)16-6-3-2-4-10(16)9-8-11(17)15-7-5-13-12(15)14-9/h5,7-8,10H,2-4,6H2,1H3,(H,13,14)/t10-/m1/s1. The molecule has 2 aromatic heterocycles. The highest BCUT2D eigenvalue weighted by molar-refractivity contribution is 7.88. The zero-order valence-corrected chi connectivity index (χ0v) is 11.9.